The second-order valence-electron chi connectivity index (χ2n) is 9.29. The molecular weight excluding hydrogens is 428 g/mol. The first kappa shape index (κ1) is 24.0. The van der Waals surface area contributed by atoms with Crippen LogP contribution in [0.25, 0.3) is 0 Å². The Balaban J connectivity index is 1.47. The summed E-state index contributed by atoms with van der Waals surface area (Å²) in [7, 11) is 0. The van der Waals surface area contributed by atoms with Crippen LogP contribution in [0.2, 0.25) is 0 Å². The molecule has 0 aromatic heterocycles. The Morgan fingerprint density at radius 3 is 2.38 bits per heavy atom. The molecule has 1 saturated heterocycles. The third kappa shape index (κ3) is 5.01. The van der Waals surface area contributed by atoms with Gasteiger partial charge in [0.15, 0.2) is 0 Å². The minimum Gasteiger partial charge on any atom is -0.466 e. The molecule has 0 saturated carbocycles. The van der Waals surface area contributed by atoms with Crippen molar-refractivity contribution in [1.82, 2.24) is 4.90 Å². The summed E-state index contributed by atoms with van der Waals surface area (Å²) in [5.74, 6) is -0.434. The van der Waals surface area contributed by atoms with E-state index in [9.17, 15) is 14.4 Å². The molecule has 2 aliphatic heterocycles. The fraction of sp³-hybridized carbons (Fsp3) is 0.464. The third-order valence-electron chi connectivity index (χ3n) is 6.89. The van der Waals surface area contributed by atoms with Gasteiger partial charge in [-0.15, -0.1) is 0 Å². The number of rotatable bonds is 9. The van der Waals surface area contributed by atoms with E-state index in [1.54, 1.807) is 24.3 Å². The average molecular weight is 463 g/mol. The zero-order chi connectivity index (χ0) is 24.1. The van der Waals surface area contributed by atoms with Crippen LogP contribution in [0.1, 0.15) is 65.8 Å². The number of carbonyl (C=O) groups excluding carboxylic acids is 3. The molecule has 0 bridgehead atoms. The summed E-state index contributed by atoms with van der Waals surface area (Å²) in [5.41, 5.74) is 3.30. The first-order valence-corrected chi connectivity index (χ1v) is 12.5. The van der Waals surface area contributed by atoms with Crippen LogP contribution >= 0.6 is 0 Å². The van der Waals surface area contributed by atoms with Crippen molar-refractivity contribution in [2.24, 2.45) is 11.8 Å². The van der Waals surface area contributed by atoms with Crippen LogP contribution in [0.15, 0.2) is 48.5 Å². The van der Waals surface area contributed by atoms with Crippen molar-refractivity contribution in [3.63, 3.8) is 0 Å². The van der Waals surface area contributed by atoms with Gasteiger partial charge in [-0.25, -0.2) is 0 Å². The molecule has 180 valence electrons. The fourth-order valence-electron chi connectivity index (χ4n) is 5.27. The number of hydrogen-bond donors (Lipinski definition) is 0. The highest BCUT2D eigenvalue weighted by atomic mass is 16.5. The quantitative estimate of drug-likeness (QED) is 0.398. The number of fused-ring (bicyclic) bond motifs is 1. The number of hydrogen-bond acceptors (Lipinski definition) is 5. The van der Waals surface area contributed by atoms with Crippen LogP contribution in [-0.2, 0) is 16.0 Å². The van der Waals surface area contributed by atoms with E-state index in [4.69, 9.17) is 4.74 Å². The lowest BCUT2D eigenvalue weighted by Gasteiger charge is -2.37. The van der Waals surface area contributed by atoms with Crippen molar-refractivity contribution in [2.45, 2.75) is 46.0 Å². The Hall–Kier alpha value is -3.15. The van der Waals surface area contributed by atoms with Crippen molar-refractivity contribution in [2.75, 3.05) is 31.1 Å². The van der Waals surface area contributed by atoms with Crippen LogP contribution in [0.4, 0.5) is 5.69 Å². The second kappa shape index (κ2) is 10.9. The van der Waals surface area contributed by atoms with E-state index in [1.807, 2.05) is 19.1 Å². The molecule has 2 atom stereocenters. The molecule has 0 N–H and O–H groups in total. The molecule has 2 aromatic rings. The topological polar surface area (TPSA) is 66.9 Å². The lowest BCUT2D eigenvalue weighted by Crippen LogP contribution is -2.43. The molecule has 34 heavy (non-hydrogen) atoms. The maximum absolute atomic E-state index is 12.8. The van der Waals surface area contributed by atoms with Crippen LogP contribution in [0.3, 0.4) is 0 Å². The predicted octanol–water partition coefficient (Wildman–Crippen LogP) is 4.72. The van der Waals surface area contributed by atoms with Gasteiger partial charge in [0.1, 0.15) is 0 Å². The Morgan fingerprint density at radius 2 is 1.71 bits per heavy atom. The number of esters is 1. The normalized spacial score (nSPS) is 18.7. The van der Waals surface area contributed by atoms with Crippen molar-refractivity contribution >= 4 is 23.5 Å². The number of para-hydroxylation sites is 1. The van der Waals surface area contributed by atoms with Gasteiger partial charge in [0.2, 0.25) is 0 Å². The van der Waals surface area contributed by atoms with Crippen LogP contribution in [-0.4, -0.2) is 48.9 Å². The molecule has 2 amide bonds. The maximum atomic E-state index is 12.8. The van der Waals surface area contributed by atoms with Gasteiger partial charge in [0, 0.05) is 25.3 Å². The smallest absolute Gasteiger partial charge is 0.309 e. The largest absolute Gasteiger partial charge is 0.466 e. The van der Waals surface area contributed by atoms with E-state index in [2.05, 4.69) is 24.0 Å². The van der Waals surface area contributed by atoms with Crippen molar-refractivity contribution in [1.29, 1.82) is 0 Å². The first-order chi connectivity index (χ1) is 16.5. The van der Waals surface area contributed by atoms with Crippen molar-refractivity contribution in [3.05, 3.63) is 65.2 Å². The highest BCUT2D eigenvalue weighted by Gasteiger charge is 2.37. The van der Waals surface area contributed by atoms with E-state index in [0.29, 0.717) is 30.7 Å². The molecule has 0 aliphatic carbocycles. The summed E-state index contributed by atoms with van der Waals surface area (Å²) in [5, 5.41) is 0. The summed E-state index contributed by atoms with van der Waals surface area (Å²) in [6.45, 7) is 6.47. The Morgan fingerprint density at radius 1 is 1.03 bits per heavy atom. The molecule has 6 nitrogen and oxygen atoms in total. The van der Waals surface area contributed by atoms with Gasteiger partial charge in [-0.1, -0.05) is 43.7 Å². The van der Waals surface area contributed by atoms with E-state index in [1.165, 1.54) is 4.90 Å². The SMILES string of the molecule is CCCC(Cc1ccccc1N1CCCC(CN2C(=O)c3ccccc3C2=O)C1)C(=O)OCC. The molecule has 0 spiro atoms. The Bertz CT molecular complexity index is 1020. The van der Waals surface area contributed by atoms with Crippen molar-refractivity contribution < 1.29 is 19.1 Å². The summed E-state index contributed by atoms with van der Waals surface area (Å²) in [6, 6.07) is 15.3. The highest BCUT2D eigenvalue weighted by molar-refractivity contribution is 6.21. The number of benzene rings is 2. The number of anilines is 1. The van der Waals surface area contributed by atoms with Crippen LogP contribution in [0, 0.1) is 11.8 Å². The summed E-state index contributed by atoms with van der Waals surface area (Å²) >= 11 is 0. The molecule has 2 heterocycles. The highest BCUT2D eigenvalue weighted by Crippen LogP contribution is 2.31. The van der Waals surface area contributed by atoms with Gasteiger partial charge >= 0.3 is 5.97 Å². The van der Waals surface area contributed by atoms with Crippen LogP contribution in [0.5, 0.6) is 0 Å². The zero-order valence-corrected chi connectivity index (χ0v) is 20.2. The lowest BCUT2D eigenvalue weighted by atomic mass is 9.92. The van der Waals surface area contributed by atoms with E-state index < -0.39 is 0 Å². The van der Waals surface area contributed by atoms with Gasteiger partial charge in [-0.05, 0) is 62.3 Å². The third-order valence-corrected chi connectivity index (χ3v) is 6.89. The predicted molar refractivity (Wildman–Crippen MR) is 132 cm³/mol. The summed E-state index contributed by atoms with van der Waals surface area (Å²) < 4.78 is 5.33. The van der Waals surface area contributed by atoms with Gasteiger partial charge in [0.25, 0.3) is 11.8 Å². The monoisotopic (exact) mass is 462 g/mol. The Kier molecular flexibility index (Phi) is 7.66. The number of ether oxygens (including phenoxy) is 1. The fourth-order valence-corrected chi connectivity index (χ4v) is 5.27. The second-order valence-corrected chi connectivity index (χ2v) is 9.29. The molecule has 1 fully saturated rings. The number of imide groups is 1. The molecule has 2 aliphatic rings. The zero-order valence-electron chi connectivity index (χ0n) is 20.2. The number of piperidine rings is 1. The molecule has 0 radical (unpaired) electrons. The van der Waals surface area contributed by atoms with Crippen molar-refractivity contribution in [3.8, 4) is 0 Å². The minimum atomic E-state index is -0.185. The molecule has 2 aromatic carbocycles. The van der Waals surface area contributed by atoms with E-state index >= 15 is 0 Å². The van der Waals surface area contributed by atoms with E-state index in [0.717, 1.165) is 50.0 Å². The van der Waals surface area contributed by atoms with Gasteiger partial charge in [-0.3, -0.25) is 19.3 Å². The number of nitrogens with zero attached hydrogens (tertiary/aromatic N) is 2. The lowest BCUT2D eigenvalue weighted by molar-refractivity contribution is -0.148. The van der Waals surface area contributed by atoms with Gasteiger partial charge < -0.3 is 9.64 Å². The summed E-state index contributed by atoms with van der Waals surface area (Å²) in [4.78, 5) is 42.0. The molecular formula is C28H34N2O4. The standard InChI is InChI=1S/C28H34N2O4/c1-3-10-22(28(33)34-4-2)17-21-12-5-8-15-25(21)29-16-9-11-20(18-29)19-30-26(31)23-13-6-7-14-24(23)27(30)32/h5-8,12-15,20,22H,3-4,9-11,16-19H2,1-2H3. The van der Waals surface area contributed by atoms with Crippen LogP contribution < -0.4 is 4.90 Å². The molecule has 4 rings (SSSR count). The minimum absolute atomic E-state index is 0.124. The van der Waals surface area contributed by atoms with Gasteiger partial charge in [0.05, 0.1) is 23.7 Å². The number of carbonyl (C=O) groups is 3. The number of amides is 2. The first-order valence-electron chi connectivity index (χ1n) is 12.5. The molecule has 2 unspecified atom stereocenters. The van der Waals surface area contributed by atoms with E-state index in [-0.39, 0.29) is 29.6 Å². The summed E-state index contributed by atoms with van der Waals surface area (Å²) in [6.07, 6.45) is 4.36. The van der Waals surface area contributed by atoms with Gasteiger partial charge in [-0.2, -0.15) is 0 Å². The molecule has 6 heteroatoms. The Labute approximate surface area is 201 Å². The average Bonchev–Trinajstić information content (AvgIpc) is 3.09. The maximum Gasteiger partial charge on any atom is 0.309 e.